The fourth-order valence-electron chi connectivity index (χ4n) is 4.73. The number of likely N-dealkylation sites (tertiary alicyclic amines) is 1. The minimum atomic E-state index is -4.54. The Labute approximate surface area is 199 Å². The van der Waals surface area contributed by atoms with E-state index in [4.69, 9.17) is 0 Å². The van der Waals surface area contributed by atoms with Gasteiger partial charge < -0.3 is 15.7 Å². The molecule has 0 spiro atoms. The van der Waals surface area contributed by atoms with E-state index in [-0.39, 0.29) is 24.1 Å². The Morgan fingerprint density at radius 3 is 2.68 bits per heavy atom. The molecule has 11 heteroatoms. The summed E-state index contributed by atoms with van der Waals surface area (Å²) in [5.41, 5.74) is -1.91. The van der Waals surface area contributed by atoms with E-state index in [1.54, 1.807) is 6.20 Å². The van der Waals surface area contributed by atoms with Crippen LogP contribution in [-0.2, 0) is 16.6 Å². The van der Waals surface area contributed by atoms with Gasteiger partial charge in [-0.15, -0.1) is 11.3 Å². The second kappa shape index (κ2) is 10.0. The van der Waals surface area contributed by atoms with Gasteiger partial charge in [0.25, 0.3) is 5.91 Å². The maximum absolute atomic E-state index is 12.8. The number of rotatable bonds is 6. The number of nitrogens with zero attached hydrogens (tertiary/aromatic N) is 2. The first-order valence-corrected chi connectivity index (χ1v) is 12.1. The standard InChI is InChI=1S/C23H27F3N4O3S/c24-23(25,26)16-3-1-2-15(12-16)20(32)28-13-19(31)29-17-6-10-30(14-17)18-4-7-22(33,8-5-18)21-27-9-11-34-21/h1-3,9,11-12,17-18,33H,4-8,10,13-14H2,(H,28,32)(H,29,31)/t17-,18?,22?/m1/s1. The molecule has 2 amide bonds. The van der Waals surface area contributed by atoms with Crippen LogP contribution in [0.3, 0.4) is 0 Å². The number of hydrogen-bond acceptors (Lipinski definition) is 6. The normalized spacial score (nSPS) is 25.8. The van der Waals surface area contributed by atoms with E-state index in [1.165, 1.54) is 17.4 Å². The summed E-state index contributed by atoms with van der Waals surface area (Å²) in [5.74, 6) is -1.11. The molecule has 1 aromatic heterocycles. The Balaban J connectivity index is 1.21. The van der Waals surface area contributed by atoms with Gasteiger partial charge in [0, 0.05) is 42.3 Å². The molecule has 0 radical (unpaired) electrons. The van der Waals surface area contributed by atoms with E-state index < -0.39 is 23.2 Å². The highest BCUT2D eigenvalue weighted by Crippen LogP contribution is 2.40. The first-order valence-electron chi connectivity index (χ1n) is 11.3. The summed E-state index contributed by atoms with van der Waals surface area (Å²) in [4.78, 5) is 31.1. The van der Waals surface area contributed by atoms with Crippen LogP contribution < -0.4 is 10.6 Å². The van der Waals surface area contributed by atoms with Gasteiger partial charge in [-0.25, -0.2) is 4.98 Å². The average Bonchev–Trinajstić information content (AvgIpc) is 3.51. The van der Waals surface area contributed by atoms with Crippen LogP contribution >= 0.6 is 11.3 Å². The van der Waals surface area contributed by atoms with Gasteiger partial charge in [0.05, 0.1) is 12.1 Å². The number of carbonyl (C=O) groups is 2. The van der Waals surface area contributed by atoms with E-state index in [2.05, 4.69) is 20.5 Å². The molecule has 1 saturated carbocycles. The Morgan fingerprint density at radius 1 is 1.24 bits per heavy atom. The SMILES string of the molecule is O=C(CNC(=O)c1cccc(C(F)(F)F)c1)N[C@@H]1CCN(C2CCC(O)(c3nccs3)CC2)C1. The fraction of sp³-hybridized carbons (Fsp3) is 0.522. The highest BCUT2D eigenvalue weighted by Gasteiger charge is 2.40. The molecule has 1 aliphatic heterocycles. The molecule has 7 nitrogen and oxygen atoms in total. The lowest BCUT2D eigenvalue weighted by atomic mass is 9.82. The number of hydrogen-bond donors (Lipinski definition) is 3. The first kappa shape index (κ1) is 24.6. The summed E-state index contributed by atoms with van der Waals surface area (Å²) in [6.45, 7) is 1.21. The Bertz CT molecular complexity index is 1010. The van der Waals surface area contributed by atoms with Crippen molar-refractivity contribution in [2.45, 2.75) is 56.0 Å². The van der Waals surface area contributed by atoms with Crippen LogP contribution in [0.2, 0.25) is 0 Å². The van der Waals surface area contributed by atoms with E-state index in [0.717, 1.165) is 49.0 Å². The number of thiazole rings is 1. The number of alkyl halides is 3. The predicted molar refractivity (Wildman–Crippen MR) is 120 cm³/mol. The van der Waals surface area contributed by atoms with Gasteiger partial charge in [0.1, 0.15) is 10.6 Å². The highest BCUT2D eigenvalue weighted by atomic mass is 32.1. The van der Waals surface area contributed by atoms with E-state index in [0.29, 0.717) is 25.4 Å². The number of benzene rings is 1. The topological polar surface area (TPSA) is 94.6 Å². The molecule has 1 saturated heterocycles. The van der Waals surface area contributed by atoms with Crippen LogP contribution in [0.4, 0.5) is 13.2 Å². The number of aliphatic hydroxyl groups is 1. The number of nitrogens with one attached hydrogen (secondary N) is 2. The van der Waals surface area contributed by atoms with Crippen LogP contribution in [0.5, 0.6) is 0 Å². The van der Waals surface area contributed by atoms with Crippen molar-refractivity contribution < 1.29 is 27.9 Å². The summed E-state index contributed by atoms with van der Waals surface area (Å²) in [7, 11) is 0. The molecule has 4 rings (SSSR count). The van der Waals surface area contributed by atoms with Crippen LogP contribution in [0.1, 0.15) is 53.0 Å². The zero-order valence-electron chi connectivity index (χ0n) is 18.5. The number of aromatic nitrogens is 1. The average molecular weight is 497 g/mol. The van der Waals surface area contributed by atoms with Gasteiger partial charge in [-0.05, 0) is 50.3 Å². The molecule has 34 heavy (non-hydrogen) atoms. The van der Waals surface area contributed by atoms with Gasteiger partial charge in [-0.2, -0.15) is 13.2 Å². The second-order valence-corrected chi connectivity index (χ2v) is 9.80. The van der Waals surface area contributed by atoms with Gasteiger partial charge >= 0.3 is 6.18 Å². The lowest BCUT2D eigenvalue weighted by Gasteiger charge is -2.38. The molecule has 3 N–H and O–H groups in total. The summed E-state index contributed by atoms with van der Waals surface area (Å²) < 4.78 is 38.5. The summed E-state index contributed by atoms with van der Waals surface area (Å²) >= 11 is 1.47. The molecule has 1 atom stereocenters. The minimum Gasteiger partial charge on any atom is -0.383 e. The van der Waals surface area contributed by atoms with E-state index >= 15 is 0 Å². The molecule has 0 unspecified atom stereocenters. The third-order valence-corrected chi connectivity index (χ3v) is 7.54. The van der Waals surface area contributed by atoms with Crippen molar-refractivity contribution in [2.24, 2.45) is 0 Å². The zero-order chi connectivity index (χ0) is 24.3. The van der Waals surface area contributed by atoms with E-state index in [9.17, 15) is 27.9 Å². The quantitative estimate of drug-likeness (QED) is 0.572. The lowest BCUT2D eigenvalue weighted by molar-refractivity contribution is -0.137. The van der Waals surface area contributed by atoms with Gasteiger partial charge in [-0.3, -0.25) is 14.5 Å². The Kier molecular flexibility index (Phi) is 7.25. The first-order chi connectivity index (χ1) is 16.1. The van der Waals surface area contributed by atoms with Crippen LogP contribution in [-0.4, -0.2) is 58.5 Å². The maximum atomic E-state index is 12.8. The molecule has 2 aromatic rings. The van der Waals surface area contributed by atoms with Gasteiger partial charge in [-0.1, -0.05) is 6.07 Å². The van der Waals surface area contributed by atoms with Crippen molar-refractivity contribution in [3.8, 4) is 0 Å². The number of carbonyl (C=O) groups excluding carboxylic acids is 2. The number of halogens is 3. The molecule has 2 fully saturated rings. The van der Waals surface area contributed by atoms with Crippen LogP contribution in [0, 0.1) is 0 Å². The molecule has 1 aromatic carbocycles. The smallest absolute Gasteiger partial charge is 0.383 e. The minimum absolute atomic E-state index is 0.0577. The molecule has 2 aliphatic rings. The molecule has 1 aliphatic carbocycles. The molecule has 2 heterocycles. The largest absolute Gasteiger partial charge is 0.416 e. The Morgan fingerprint density at radius 2 is 2.00 bits per heavy atom. The van der Waals surface area contributed by atoms with Gasteiger partial charge in [0.2, 0.25) is 5.91 Å². The lowest BCUT2D eigenvalue weighted by Crippen LogP contribution is -2.45. The van der Waals surface area contributed by atoms with Crippen molar-refractivity contribution in [3.63, 3.8) is 0 Å². The van der Waals surface area contributed by atoms with Crippen molar-refractivity contribution in [1.82, 2.24) is 20.5 Å². The van der Waals surface area contributed by atoms with E-state index in [1.807, 2.05) is 5.38 Å². The number of amides is 2. The van der Waals surface area contributed by atoms with Crippen molar-refractivity contribution in [1.29, 1.82) is 0 Å². The van der Waals surface area contributed by atoms with Crippen molar-refractivity contribution in [2.75, 3.05) is 19.6 Å². The Hall–Kier alpha value is -2.50. The summed E-state index contributed by atoms with van der Waals surface area (Å²) in [5, 5.41) is 18.8. The molecule has 184 valence electrons. The second-order valence-electron chi connectivity index (χ2n) is 8.91. The van der Waals surface area contributed by atoms with Crippen LogP contribution in [0.25, 0.3) is 0 Å². The fourth-order valence-corrected chi connectivity index (χ4v) is 5.52. The molecular weight excluding hydrogens is 469 g/mol. The summed E-state index contributed by atoms with van der Waals surface area (Å²) in [6, 6.07) is 4.37. The van der Waals surface area contributed by atoms with Crippen LogP contribution in [0.15, 0.2) is 35.8 Å². The molecule has 0 bridgehead atoms. The monoisotopic (exact) mass is 496 g/mol. The predicted octanol–water partition coefficient (Wildman–Crippen LogP) is 2.91. The third kappa shape index (κ3) is 5.76. The molecular formula is C23H27F3N4O3S. The van der Waals surface area contributed by atoms with Crippen molar-refractivity contribution >= 4 is 23.2 Å². The van der Waals surface area contributed by atoms with Crippen molar-refractivity contribution in [3.05, 3.63) is 52.0 Å². The van der Waals surface area contributed by atoms with Gasteiger partial charge in [0.15, 0.2) is 0 Å². The zero-order valence-corrected chi connectivity index (χ0v) is 19.3. The highest BCUT2D eigenvalue weighted by molar-refractivity contribution is 7.09. The summed E-state index contributed by atoms with van der Waals surface area (Å²) in [6.07, 6.45) is 0.953. The third-order valence-electron chi connectivity index (χ3n) is 6.58. The maximum Gasteiger partial charge on any atom is 0.416 e.